The van der Waals surface area contributed by atoms with E-state index in [2.05, 4.69) is 16.0 Å². The second-order valence-corrected chi connectivity index (χ2v) is 4.66. The van der Waals surface area contributed by atoms with Crippen LogP contribution in [0.5, 0.6) is 0 Å². The fourth-order valence-electron chi connectivity index (χ4n) is 1.99. The lowest BCUT2D eigenvalue weighted by atomic mass is 10.1. The number of aliphatic carboxylic acids is 1. The fourth-order valence-corrected chi connectivity index (χ4v) is 1.99. The second-order valence-electron chi connectivity index (χ2n) is 4.66. The predicted octanol–water partition coefficient (Wildman–Crippen LogP) is -1.50. The predicted molar refractivity (Wildman–Crippen MR) is 72.4 cm³/mol. The van der Waals surface area contributed by atoms with E-state index in [1.807, 2.05) is 0 Å². The molecule has 9 nitrogen and oxygen atoms in total. The number of urea groups is 1. The Balaban J connectivity index is 2.71. The Morgan fingerprint density at radius 2 is 2.14 bits per heavy atom. The molecule has 1 saturated heterocycles. The topological polar surface area (TPSA) is 128 Å². The third-order valence-electron chi connectivity index (χ3n) is 3.04. The Kier molecular flexibility index (Phi) is 5.94. The van der Waals surface area contributed by atoms with Gasteiger partial charge in [-0.05, 0) is 13.8 Å². The number of piperazine rings is 1. The number of nitrogens with zero attached hydrogens (tertiary/aromatic N) is 1. The number of hydrogen-bond donors (Lipinski definition) is 4. The van der Waals surface area contributed by atoms with Crippen LogP contribution in [-0.2, 0) is 14.4 Å². The highest BCUT2D eigenvalue weighted by atomic mass is 16.4. The third-order valence-corrected chi connectivity index (χ3v) is 3.04. The summed E-state index contributed by atoms with van der Waals surface area (Å²) in [5, 5.41) is 16.4. The highest BCUT2D eigenvalue weighted by Gasteiger charge is 2.35. The van der Waals surface area contributed by atoms with Crippen LogP contribution in [0.4, 0.5) is 4.79 Å². The van der Waals surface area contributed by atoms with Crippen molar-refractivity contribution in [3.8, 4) is 0 Å². The summed E-state index contributed by atoms with van der Waals surface area (Å²) in [5.41, 5.74) is 0. The first-order chi connectivity index (χ1) is 9.86. The Morgan fingerprint density at radius 3 is 2.71 bits per heavy atom. The molecule has 0 bridgehead atoms. The molecule has 21 heavy (non-hydrogen) atoms. The minimum absolute atomic E-state index is 0.192. The van der Waals surface area contributed by atoms with E-state index in [1.165, 1.54) is 6.92 Å². The largest absolute Gasteiger partial charge is 0.481 e. The molecule has 1 fully saturated rings. The molecular formula is C12H20N4O5. The van der Waals surface area contributed by atoms with E-state index in [1.54, 1.807) is 6.92 Å². The van der Waals surface area contributed by atoms with Crippen LogP contribution in [0.1, 0.15) is 20.3 Å². The first-order valence-corrected chi connectivity index (χ1v) is 6.71. The van der Waals surface area contributed by atoms with Crippen molar-refractivity contribution in [3.05, 3.63) is 0 Å². The molecule has 0 radical (unpaired) electrons. The number of carbonyl (C=O) groups is 4. The van der Waals surface area contributed by atoms with Gasteiger partial charge in [0.1, 0.15) is 12.1 Å². The molecule has 1 rings (SSSR count). The van der Waals surface area contributed by atoms with Gasteiger partial charge in [0.2, 0.25) is 11.8 Å². The summed E-state index contributed by atoms with van der Waals surface area (Å²) in [6.45, 7) is 4.14. The lowest BCUT2D eigenvalue weighted by Crippen LogP contribution is -2.61. The number of carboxylic acid groups (broad SMARTS) is 1. The maximum atomic E-state index is 12.1. The van der Waals surface area contributed by atoms with Gasteiger partial charge in [-0.15, -0.1) is 0 Å². The van der Waals surface area contributed by atoms with Gasteiger partial charge in [0, 0.05) is 19.6 Å². The minimum atomic E-state index is -1.17. The van der Waals surface area contributed by atoms with Crippen molar-refractivity contribution in [2.45, 2.75) is 32.4 Å². The molecule has 0 aromatic heterocycles. The van der Waals surface area contributed by atoms with Crippen LogP contribution >= 0.6 is 0 Å². The zero-order valence-corrected chi connectivity index (χ0v) is 12.0. The van der Waals surface area contributed by atoms with Crippen molar-refractivity contribution in [2.75, 3.05) is 19.6 Å². The molecule has 4 amide bonds. The molecule has 4 N–H and O–H groups in total. The zero-order chi connectivity index (χ0) is 16.0. The molecule has 9 heteroatoms. The van der Waals surface area contributed by atoms with Gasteiger partial charge in [0.05, 0.1) is 6.42 Å². The highest BCUT2D eigenvalue weighted by molar-refractivity contribution is 5.92. The highest BCUT2D eigenvalue weighted by Crippen LogP contribution is 2.09. The monoisotopic (exact) mass is 300 g/mol. The summed E-state index contributed by atoms with van der Waals surface area (Å²) >= 11 is 0. The number of likely N-dealkylation sites (N-methyl/N-ethyl adjacent to an activating group) is 1. The Hall–Kier alpha value is -2.32. The third kappa shape index (κ3) is 4.62. The molecule has 0 saturated carbocycles. The molecule has 0 aromatic rings. The van der Waals surface area contributed by atoms with E-state index in [0.717, 1.165) is 4.90 Å². The van der Waals surface area contributed by atoms with Gasteiger partial charge >= 0.3 is 12.0 Å². The van der Waals surface area contributed by atoms with Crippen LogP contribution in [0.15, 0.2) is 0 Å². The fraction of sp³-hybridized carbons (Fsp3) is 0.667. The van der Waals surface area contributed by atoms with Crippen molar-refractivity contribution < 1.29 is 24.3 Å². The van der Waals surface area contributed by atoms with Crippen LogP contribution in [0.25, 0.3) is 0 Å². The standard InChI is InChI=1S/C12H20N4O5/c1-3-13-10(19)7(2)15-12(21)16-5-4-14-11(20)8(16)6-9(17)18/h7-8H,3-6H2,1-2H3,(H,13,19)(H,14,20)(H,15,21)(H,17,18). The van der Waals surface area contributed by atoms with Crippen LogP contribution < -0.4 is 16.0 Å². The minimum Gasteiger partial charge on any atom is -0.481 e. The van der Waals surface area contributed by atoms with Crippen LogP contribution in [0, 0.1) is 0 Å². The number of carboxylic acids is 1. The van der Waals surface area contributed by atoms with Gasteiger partial charge in [-0.3, -0.25) is 14.4 Å². The molecule has 1 aliphatic heterocycles. The van der Waals surface area contributed by atoms with E-state index >= 15 is 0 Å². The van der Waals surface area contributed by atoms with Gasteiger partial charge < -0.3 is 26.0 Å². The van der Waals surface area contributed by atoms with Crippen LogP contribution in [-0.4, -0.2) is 65.5 Å². The van der Waals surface area contributed by atoms with Crippen LogP contribution in [0.2, 0.25) is 0 Å². The molecule has 0 aliphatic carbocycles. The number of nitrogens with one attached hydrogen (secondary N) is 3. The molecular weight excluding hydrogens is 280 g/mol. The van der Waals surface area contributed by atoms with Crippen molar-refractivity contribution in [2.24, 2.45) is 0 Å². The van der Waals surface area contributed by atoms with Gasteiger partial charge in [0.15, 0.2) is 0 Å². The molecule has 0 aromatic carbocycles. The molecule has 2 atom stereocenters. The van der Waals surface area contributed by atoms with E-state index in [-0.39, 0.29) is 19.0 Å². The summed E-state index contributed by atoms with van der Waals surface area (Å²) in [6.07, 6.45) is -0.477. The Morgan fingerprint density at radius 1 is 1.48 bits per heavy atom. The zero-order valence-electron chi connectivity index (χ0n) is 12.0. The smallest absolute Gasteiger partial charge is 0.318 e. The Bertz CT molecular complexity index is 439. The number of amides is 4. The molecule has 0 spiro atoms. The quantitative estimate of drug-likeness (QED) is 0.491. The Labute approximate surface area is 122 Å². The van der Waals surface area contributed by atoms with Crippen LogP contribution in [0.3, 0.4) is 0 Å². The van der Waals surface area contributed by atoms with Gasteiger partial charge in [0.25, 0.3) is 0 Å². The lowest BCUT2D eigenvalue weighted by Gasteiger charge is -2.34. The maximum absolute atomic E-state index is 12.1. The average Bonchev–Trinajstić information content (AvgIpc) is 2.40. The lowest BCUT2D eigenvalue weighted by molar-refractivity contribution is -0.142. The number of rotatable bonds is 5. The number of hydrogen-bond acceptors (Lipinski definition) is 4. The van der Waals surface area contributed by atoms with Crippen molar-refractivity contribution in [3.63, 3.8) is 0 Å². The first kappa shape index (κ1) is 16.7. The summed E-state index contributed by atoms with van der Waals surface area (Å²) in [5.74, 6) is -2.03. The van der Waals surface area contributed by atoms with E-state index in [0.29, 0.717) is 6.54 Å². The van der Waals surface area contributed by atoms with E-state index in [9.17, 15) is 19.2 Å². The average molecular weight is 300 g/mol. The molecule has 1 heterocycles. The van der Waals surface area contributed by atoms with E-state index < -0.39 is 36.4 Å². The summed E-state index contributed by atoms with van der Waals surface area (Å²) < 4.78 is 0. The molecule has 1 aliphatic rings. The van der Waals surface area contributed by atoms with Gasteiger partial charge in [-0.2, -0.15) is 0 Å². The number of carbonyl (C=O) groups excluding carboxylic acids is 3. The maximum Gasteiger partial charge on any atom is 0.318 e. The first-order valence-electron chi connectivity index (χ1n) is 6.71. The van der Waals surface area contributed by atoms with Crippen molar-refractivity contribution >= 4 is 23.8 Å². The molecule has 118 valence electrons. The summed E-state index contributed by atoms with van der Waals surface area (Å²) in [7, 11) is 0. The SMILES string of the molecule is CCNC(=O)C(C)NC(=O)N1CCNC(=O)C1CC(=O)O. The van der Waals surface area contributed by atoms with Gasteiger partial charge in [-0.1, -0.05) is 0 Å². The summed E-state index contributed by atoms with van der Waals surface area (Å²) in [4.78, 5) is 47.3. The summed E-state index contributed by atoms with van der Waals surface area (Å²) in [6, 6.07) is -2.47. The van der Waals surface area contributed by atoms with E-state index in [4.69, 9.17) is 5.11 Å². The second kappa shape index (κ2) is 7.46. The van der Waals surface area contributed by atoms with Crippen molar-refractivity contribution in [1.82, 2.24) is 20.9 Å². The van der Waals surface area contributed by atoms with Crippen molar-refractivity contribution in [1.29, 1.82) is 0 Å². The molecule has 2 unspecified atom stereocenters. The normalized spacial score (nSPS) is 19.4. The van der Waals surface area contributed by atoms with Gasteiger partial charge in [-0.25, -0.2) is 4.79 Å².